The van der Waals surface area contributed by atoms with E-state index in [1.807, 2.05) is 24.5 Å². The summed E-state index contributed by atoms with van der Waals surface area (Å²) in [6.07, 6.45) is 3.82. The second kappa shape index (κ2) is 6.37. The summed E-state index contributed by atoms with van der Waals surface area (Å²) in [5, 5.41) is 7.20. The highest BCUT2D eigenvalue weighted by atomic mass is 16.1. The van der Waals surface area contributed by atoms with Crippen molar-refractivity contribution < 1.29 is 4.79 Å². The first-order valence-electron chi connectivity index (χ1n) is 9.36. The first-order valence-corrected chi connectivity index (χ1v) is 9.36. The molecule has 2 aromatic heterocycles. The van der Waals surface area contributed by atoms with E-state index in [-0.39, 0.29) is 11.3 Å². The molecule has 0 radical (unpaired) electrons. The zero-order valence-electron chi connectivity index (χ0n) is 16.2. The maximum atomic E-state index is 12.2. The Morgan fingerprint density at radius 3 is 2.85 bits per heavy atom. The zero-order chi connectivity index (χ0) is 19.2. The molecule has 0 spiro atoms. The van der Waals surface area contributed by atoms with Crippen molar-refractivity contribution in [1.82, 2.24) is 20.3 Å². The molecule has 6 nitrogen and oxygen atoms in total. The number of aromatic nitrogens is 3. The van der Waals surface area contributed by atoms with Gasteiger partial charge in [-0.15, -0.1) is 0 Å². The van der Waals surface area contributed by atoms with Gasteiger partial charge in [-0.2, -0.15) is 4.98 Å². The van der Waals surface area contributed by atoms with Gasteiger partial charge >= 0.3 is 0 Å². The Balaban J connectivity index is 1.74. The molecule has 1 aliphatic heterocycles. The highest BCUT2D eigenvalue weighted by Gasteiger charge is 2.31. The van der Waals surface area contributed by atoms with Gasteiger partial charge in [0.05, 0.1) is 0 Å². The monoisotopic (exact) mass is 363 g/mol. The third-order valence-electron chi connectivity index (χ3n) is 5.10. The molecule has 1 amide bonds. The summed E-state index contributed by atoms with van der Waals surface area (Å²) >= 11 is 0. The van der Waals surface area contributed by atoms with E-state index in [2.05, 4.69) is 59.3 Å². The summed E-state index contributed by atoms with van der Waals surface area (Å²) in [6, 6.07) is 6.04. The predicted molar refractivity (Wildman–Crippen MR) is 108 cm³/mol. The fraction of sp³-hybridized carbons (Fsp3) is 0.381. The van der Waals surface area contributed by atoms with Gasteiger partial charge in [0.1, 0.15) is 5.65 Å². The van der Waals surface area contributed by atoms with Gasteiger partial charge in [0.15, 0.2) is 0 Å². The van der Waals surface area contributed by atoms with Gasteiger partial charge in [0, 0.05) is 47.4 Å². The van der Waals surface area contributed by atoms with Gasteiger partial charge in [-0.05, 0) is 29.2 Å². The van der Waals surface area contributed by atoms with Gasteiger partial charge < -0.3 is 15.6 Å². The van der Waals surface area contributed by atoms with E-state index < -0.39 is 0 Å². The number of H-pyrrole nitrogens is 1. The van der Waals surface area contributed by atoms with Crippen LogP contribution in [0.15, 0.2) is 30.6 Å². The highest BCUT2D eigenvalue weighted by molar-refractivity contribution is 5.99. The molecule has 0 atom stereocenters. The number of amides is 1. The maximum absolute atomic E-state index is 12.2. The van der Waals surface area contributed by atoms with E-state index in [9.17, 15) is 4.79 Å². The lowest BCUT2D eigenvalue weighted by atomic mass is 9.78. The normalized spacial score (nSPS) is 15.7. The molecular weight excluding hydrogens is 338 g/mol. The number of aromatic amines is 1. The smallest absolute Gasteiger partial charge is 0.251 e. The van der Waals surface area contributed by atoms with Crippen LogP contribution in [0.2, 0.25) is 0 Å². The minimum Gasteiger partial charge on any atom is -0.354 e. The van der Waals surface area contributed by atoms with Crippen LogP contribution in [-0.2, 0) is 5.41 Å². The van der Waals surface area contributed by atoms with E-state index in [1.54, 1.807) is 0 Å². The Bertz CT molecular complexity index is 1020. The summed E-state index contributed by atoms with van der Waals surface area (Å²) in [5.41, 5.74) is 4.65. The molecule has 1 aliphatic rings. The summed E-state index contributed by atoms with van der Waals surface area (Å²) in [5.74, 6) is 1.16. The van der Waals surface area contributed by atoms with Crippen LogP contribution in [0, 0.1) is 5.92 Å². The lowest BCUT2D eigenvalue weighted by molar-refractivity contribution is 0.0930. The predicted octanol–water partition coefficient (Wildman–Crippen LogP) is 3.71. The topological polar surface area (TPSA) is 82.7 Å². The average molecular weight is 363 g/mol. The Morgan fingerprint density at radius 1 is 1.26 bits per heavy atom. The number of rotatable bonds is 4. The molecule has 3 aromatic rings. The van der Waals surface area contributed by atoms with E-state index in [1.165, 1.54) is 0 Å². The van der Waals surface area contributed by atoms with E-state index in [0.717, 1.165) is 39.8 Å². The number of fused-ring (bicyclic) bond motifs is 2. The van der Waals surface area contributed by atoms with Crippen molar-refractivity contribution in [3.05, 3.63) is 41.7 Å². The largest absolute Gasteiger partial charge is 0.354 e. The maximum Gasteiger partial charge on any atom is 0.251 e. The molecule has 0 aliphatic carbocycles. The second-order valence-corrected chi connectivity index (χ2v) is 8.26. The summed E-state index contributed by atoms with van der Waals surface area (Å²) in [6.45, 7) is 10.1. The average Bonchev–Trinajstić information content (AvgIpc) is 3.06. The molecule has 4 rings (SSSR count). The molecule has 140 valence electrons. The van der Waals surface area contributed by atoms with Crippen LogP contribution in [0.3, 0.4) is 0 Å². The fourth-order valence-corrected chi connectivity index (χ4v) is 3.49. The van der Waals surface area contributed by atoms with Crippen LogP contribution in [0.5, 0.6) is 0 Å². The van der Waals surface area contributed by atoms with E-state index >= 15 is 0 Å². The molecule has 6 heteroatoms. The van der Waals surface area contributed by atoms with Crippen molar-refractivity contribution in [2.75, 3.05) is 18.4 Å². The molecule has 0 unspecified atom stereocenters. The van der Waals surface area contributed by atoms with Gasteiger partial charge in [-0.3, -0.25) is 4.79 Å². The lowest BCUT2D eigenvalue weighted by Gasteiger charge is -2.32. The minimum atomic E-state index is -0.101. The number of nitrogens with zero attached hydrogens (tertiary/aromatic N) is 2. The third kappa shape index (κ3) is 3.16. The van der Waals surface area contributed by atoms with Crippen LogP contribution < -0.4 is 10.6 Å². The van der Waals surface area contributed by atoms with Gasteiger partial charge in [-0.25, -0.2) is 4.98 Å². The van der Waals surface area contributed by atoms with Crippen molar-refractivity contribution in [3.8, 4) is 11.1 Å². The molecule has 0 saturated heterocycles. The van der Waals surface area contributed by atoms with Gasteiger partial charge in [-0.1, -0.05) is 33.8 Å². The van der Waals surface area contributed by atoms with Crippen LogP contribution in [0.1, 0.15) is 43.6 Å². The Kier molecular flexibility index (Phi) is 4.13. The third-order valence-corrected chi connectivity index (χ3v) is 5.10. The molecule has 3 heterocycles. The van der Waals surface area contributed by atoms with Gasteiger partial charge in [0.2, 0.25) is 5.95 Å². The number of anilines is 1. The summed E-state index contributed by atoms with van der Waals surface area (Å²) < 4.78 is 0. The Labute approximate surface area is 158 Å². The van der Waals surface area contributed by atoms with Crippen molar-refractivity contribution in [2.24, 2.45) is 5.92 Å². The molecule has 0 bridgehead atoms. The number of hydrogen-bond acceptors (Lipinski definition) is 4. The fourth-order valence-electron chi connectivity index (χ4n) is 3.49. The van der Waals surface area contributed by atoms with Crippen LogP contribution >= 0.6 is 0 Å². The quantitative estimate of drug-likeness (QED) is 0.660. The molecule has 0 fully saturated rings. The molecule has 1 aromatic carbocycles. The zero-order valence-corrected chi connectivity index (χ0v) is 16.2. The first kappa shape index (κ1) is 17.5. The van der Waals surface area contributed by atoms with E-state index in [0.29, 0.717) is 18.4 Å². The molecular formula is C21H25N5O. The van der Waals surface area contributed by atoms with Gasteiger partial charge in [0.25, 0.3) is 5.91 Å². The van der Waals surface area contributed by atoms with Crippen LogP contribution in [0.25, 0.3) is 22.2 Å². The summed E-state index contributed by atoms with van der Waals surface area (Å²) in [7, 11) is 0. The number of carbonyl (C=O) groups excluding carboxylic acids is 1. The van der Waals surface area contributed by atoms with Crippen LogP contribution in [-0.4, -0.2) is 33.9 Å². The number of hydrogen-bond donors (Lipinski definition) is 3. The number of benzene rings is 1. The SMILES string of the molecule is CC(C)CNc1ncc2c(-c3ccc4c(c3)C(C)(C)CNC4=O)c[nH]c2n1. The lowest BCUT2D eigenvalue weighted by Crippen LogP contribution is -2.43. The van der Waals surface area contributed by atoms with Crippen molar-refractivity contribution in [1.29, 1.82) is 0 Å². The van der Waals surface area contributed by atoms with E-state index in [4.69, 9.17) is 0 Å². The molecule has 0 saturated carbocycles. The highest BCUT2D eigenvalue weighted by Crippen LogP contribution is 2.35. The Hall–Kier alpha value is -2.89. The molecule has 27 heavy (non-hydrogen) atoms. The van der Waals surface area contributed by atoms with Crippen LogP contribution in [0.4, 0.5) is 5.95 Å². The van der Waals surface area contributed by atoms with Crippen molar-refractivity contribution >= 4 is 22.9 Å². The first-order chi connectivity index (χ1) is 12.8. The molecule has 3 N–H and O–H groups in total. The second-order valence-electron chi connectivity index (χ2n) is 8.26. The number of carbonyl (C=O) groups is 1. The minimum absolute atomic E-state index is 0.000923. The number of nitrogens with one attached hydrogen (secondary N) is 3. The summed E-state index contributed by atoms with van der Waals surface area (Å²) in [4.78, 5) is 24.5. The standard InChI is InChI=1S/C21H25N5O/c1-12(2)8-23-20-24-10-16-15(9-22-18(16)26-20)13-5-6-14-17(7-13)21(3,4)11-25-19(14)27/h5-7,9-10,12H,8,11H2,1-4H3,(H,25,27)(H2,22,23,24,26). The van der Waals surface area contributed by atoms with Crippen molar-refractivity contribution in [3.63, 3.8) is 0 Å². The Morgan fingerprint density at radius 2 is 2.07 bits per heavy atom. The van der Waals surface area contributed by atoms with Crippen molar-refractivity contribution in [2.45, 2.75) is 33.1 Å².